The maximum atomic E-state index is 11.3. The summed E-state index contributed by atoms with van der Waals surface area (Å²) >= 11 is 0. The normalized spacial score (nSPS) is 16.2. The molecule has 18 heavy (non-hydrogen) atoms. The second-order valence-corrected chi connectivity index (χ2v) is 4.39. The predicted octanol–water partition coefficient (Wildman–Crippen LogP) is 2.49. The van der Waals surface area contributed by atoms with Crippen molar-refractivity contribution in [2.75, 3.05) is 6.61 Å². The summed E-state index contributed by atoms with van der Waals surface area (Å²) < 4.78 is 0. The summed E-state index contributed by atoms with van der Waals surface area (Å²) in [6.45, 7) is -0.0751. The molecule has 0 bridgehead atoms. The first kappa shape index (κ1) is 11.0. The molecule has 3 heteroatoms. The van der Waals surface area contributed by atoms with Crippen molar-refractivity contribution in [1.82, 2.24) is 0 Å². The van der Waals surface area contributed by atoms with E-state index in [1.165, 1.54) is 0 Å². The van der Waals surface area contributed by atoms with E-state index < -0.39 is 5.97 Å². The topological polar surface area (TPSA) is 57.5 Å². The van der Waals surface area contributed by atoms with Crippen LogP contribution in [0.5, 0.6) is 0 Å². The SMILES string of the molecule is O=C(O)c1cccc2c1C(CO)c1ccccc1-2. The van der Waals surface area contributed by atoms with Crippen LogP contribution in [0.2, 0.25) is 0 Å². The number of hydrogen-bond acceptors (Lipinski definition) is 2. The van der Waals surface area contributed by atoms with Crippen LogP contribution >= 0.6 is 0 Å². The number of carboxylic acid groups (broad SMARTS) is 1. The molecule has 0 saturated heterocycles. The van der Waals surface area contributed by atoms with E-state index in [-0.39, 0.29) is 18.1 Å². The molecule has 90 valence electrons. The van der Waals surface area contributed by atoms with E-state index in [0.29, 0.717) is 0 Å². The first-order valence-electron chi connectivity index (χ1n) is 5.80. The number of aliphatic hydroxyl groups excluding tert-OH is 1. The van der Waals surface area contributed by atoms with Gasteiger partial charge < -0.3 is 10.2 Å². The largest absolute Gasteiger partial charge is 0.478 e. The van der Waals surface area contributed by atoms with Gasteiger partial charge in [-0.3, -0.25) is 0 Å². The Bertz CT molecular complexity index is 631. The smallest absolute Gasteiger partial charge is 0.336 e. The van der Waals surface area contributed by atoms with E-state index in [2.05, 4.69) is 0 Å². The van der Waals surface area contributed by atoms with Crippen molar-refractivity contribution in [3.8, 4) is 11.1 Å². The molecule has 0 heterocycles. The van der Waals surface area contributed by atoms with E-state index >= 15 is 0 Å². The summed E-state index contributed by atoms with van der Waals surface area (Å²) in [7, 11) is 0. The summed E-state index contributed by atoms with van der Waals surface area (Å²) in [5, 5.41) is 18.8. The van der Waals surface area contributed by atoms with Crippen molar-refractivity contribution in [1.29, 1.82) is 0 Å². The van der Waals surface area contributed by atoms with Crippen LogP contribution in [-0.2, 0) is 0 Å². The molecule has 1 aliphatic rings. The Balaban J connectivity index is 2.33. The quantitative estimate of drug-likeness (QED) is 0.847. The van der Waals surface area contributed by atoms with Crippen LogP contribution in [0.1, 0.15) is 27.4 Å². The molecule has 0 fully saturated rings. The van der Waals surface area contributed by atoms with E-state index in [0.717, 1.165) is 22.3 Å². The highest BCUT2D eigenvalue weighted by molar-refractivity contribution is 5.95. The van der Waals surface area contributed by atoms with Crippen molar-refractivity contribution in [2.24, 2.45) is 0 Å². The lowest BCUT2D eigenvalue weighted by atomic mass is 9.94. The minimum absolute atomic E-state index is 0.0751. The van der Waals surface area contributed by atoms with Gasteiger partial charge in [0.05, 0.1) is 12.2 Å². The lowest BCUT2D eigenvalue weighted by Crippen LogP contribution is -2.08. The fourth-order valence-electron chi connectivity index (χ4n) is 2.75. The van der Waals surface area contributed by atoms with Gasteiger partial charge in [-0.25, -0.2) is 4.79 Å². The lowest BCUT2D eigenvalue weighted by molar-refractivity contribution is 0.0695. The van der Waals surface area contributed by atoms with Gasteiger partial charge in [0.15, 0.2) is 0 Å². The first-order chi connectivity index (χ1) is 8.74. The zero-order valence-electron chi connectivity index (χ0n) is 9.63. The van der Waals surface area contributed by atoms with Crippen molar-refractivity contribution in [2.45, 2.75) is 5.92 Å². The highest BCUT2D eigenvalue weighted by Crippen LogP contribution is 2.45. The van der Waals surface area contributed by atoms with Crippen LogP contribution in [0.25, 0.3) is 11.1 Å². The minimum Gasteiger partial charge on any atom is -0.478 e. The van der Waals surface area contributed by atoms with Gasteiger partial charge in [-0.2, -0.15) is 0 Å². The second-order valence-electron chi connectivity index (χ2n) is 4.39. The highest BCUT2D eigenvalue weighted by Gasteiger charge is 2.31. The lowest BCUT2D eigenvalue weighted by Gasteiger charge is -2.12. The Morgan fingerprint density at radius 1 is 1.06 bits per heavy atom. The molecule has 1 aliphatic carbocycles. The molecule has 2 N–H and O–H groups in total. The first-order valence-corrected chi connectivity index (χ1v) is 5.80. The molecule has 1 atom stereocenters. The van der Waals surface area contributed by atoms with Gasteiger partial charge in [0, 0.05) is 5.92 Å². The maximum absolute atomic E-state index is 11.3. The molecule has 3 rings (SSSR count). The Hall–Kier alpha value is -2.13. The molecule has 3 nitrogen and oxygen atoms in total. The number of hydrogen-bond donors (Lipinski definition) is 2. The van der Waals surface area contributed by atoms with Crippen molar-refractivity contribution in [3.63, 3.8) is 0 Å². The molecule has 0 aromatic heterocycles. The average Bonchev–Trinajstić information content (AvgIpc) is 2.72. The molecule has 1 unspecified atom stereocenters. The zero-order valence-corrected chi connectivity index (χ0v) is 9.63. The van der Waals surface area contributed by atoms with Gasteiger partial charge >= 0.3 is 5.97 Å². The molecule has 0 saturated carbocycles. The molecule has 2 aromatic carbocycles. The Morgan fingerprint density at radius 2 is 1.78 bits per heavy atom. The molecular formula is C15H12O3. The molecule has 0 spiro atoms. The van der Waals surface area contributed by atoms with Crippen LogP contribution in [0, 0.1) is 0 Å². The van der Waals surface area contributed by atoms with Crippen molar-refractivity contribution < 1.29 is 15.0 Å². The summed E-state index contributed by atoms with van der Waals surface area (Å²) in [6, 6.07) is 13.0. The number of carbonyl (C=O) groups is 1. The van der Waals surface area contributed by atoms with Crippen LogP contribution in [-0.4, -0.2) is 22.8 Å². The Kier molecular flexibility index (Phi) is 2.42. The number of benzene rings is 2. The number of carboxylic acids is 1. The summed E-state index contributed by atoms with van der Waals surface area (Å²) in [6.07, 6.45) is 0. The van der Waals surface area contributed by atoms with Gasteiger partial charge in [0.1, 0.15) is 0 Å². The van der Waals surface area contributed by atoms with Gasteiger partial charge in [-0.05, 0) is 28.3 Å². The summed E-state index contributed by atoms with van der Waals surface area (Å²) in [5.74, 6) is -1.18. The molecule has 0 radical (unpaired) electrons. The number of rotatable bonds is 2. The Morgan fingerprint density at radius 3 is 2.50 bits per heavy atom. The zero-order chi connectivity index (χ0) is 12.7. The molecule has 2 aromatic rings. The van der Waals surface area contributed by atoms with Crippen LogP contribution in [0.3, 0.4) is 0 Å². The van der Waals surface area contributed by atoms with E-state index in [1.54, 1.807) is 12.1 Å². The van der Waals surface area contributed by atoms with Gasteiger partial charge in [0.25, 0.3) is 0 Å². The Labute approximate surface area is 104 Å². The van der Waals surface area contributed by atoms with Gasteiger partial charge in [-0.1, -0.05) is 36.4 Å². The van der Waals surface area contributed by atoms with E-state index in [1.807, 2.05) is 30.3 Å². The maximum Gasteiger partial charge on any atom is 0.336 e. The third kappa shape index (κ3) is 1.38. The minimum atomic E-state index is -0.946. The molecule has 0 aliphatic heterocycles. The molecule has 0 amide bonds. The monoisotopic (exact) mass is 240 g/mol. The van der Waals surface area contributed by atoms with Crippen LogP contribution < -0.4 is 0 Å². The number of aliphatic hydroxyl groups is 1. The van der Waals surface area contributed by atoms with E-state index in [4.69, 9.17) is 0 Å². The van der Waals surface area contributed by atoms with Crippen molar-refractivity contribution in [3.05, 3.63) is 59.2 Å². The fraction of sp³-hybridized carbons (Fsp3) is 0.133. The van der Waals surface area contributed by atoms with Gasteiger partial charge in [0.2, 0.25) is 0 Å². The van der Waals surface area contributed by atoms with Gasteiger partial charge in [-0.15, -0.1) is 0 Å². The molecular weight excluding hydrogens is 228 g/mol. The summed E-state index contributed by atoms with van der Waals surface area (Å²) in [5.41, 5.74) is 3.96. The predicted molar refractivity (Wildman–Crippen MR) is 67.8 cm³/mol. The van der Waals surface area contributed by atoms with Crippen LogP contribution in [0.15, 0.2) is 42.5 Å². The highest BCUT2D eigenvalue weighted by atomic mass is 16.4. The standard InChI is InChI=1S/C15H12O3/c16-8-13-10-5-2-1-4-9(10)11-6-3-7-12(14(11)13)15(17)18/h1-7,13,16H,8H2,(H,17,18). The van der Waals surface area contributed by atoms with Crippen molar-refractivity contribution >= 4 is 5.97 Å². The second kappa shape index (κ2) is 3.96. The third-order valence-electron chi connectivity index (χ3n) is 3.49. The van der Waals surface area contributed by atoms with Crippen LogP contribution in [0.4, 0.5) is 0 Å². The van der Waals surface area contributed by atoms with E-state index in [9.17, 15) is 15.0 Å². The fourth-order valence-corrected chi connectivity index (χ4v) is 2.75. The third-order valence-corrected chi connectivity index (χ3v) is 3.49. The summed E-state index contributed by atoms with van der Waals surface area (Å²) in [4.78, 5) is 11.3. The average molecular weight is 240 g/mol. The number of fused-ring (bicyclic) bond motifs is 3. The number of aromatic carboxylic acids is 1.